The molecule has 1 N–H and O–H groups in total. The second kappa shape index (κ2) is 6.73. The number of carbonyl (C=O) groups excluding carboxylic acids is 2. The molecule has 0 atom stereocenters. The van der Waals surface area contributed by atoms with Crippen molar-refractivity contribution in [1.82, 2.24) is 0 Å². The van der Waals surface area contributed by atoms with Gasteiger partial charge in [-0.3, -0.25) is 4.79 Å². The van der Waals surface area contributed by atoms with E-state index >= 15 is 0 Å². The van der Waals surface area contributed by atoms with Gasteiger partial charge in [-0.05, 0) is 24.3 Å². The molecular weight excluding hydrogens is 282 g/mol. The summed E-state index contributed by atoms with van der Waals surface area (Å²) in [7, 11) is -2.34. The number of benzene rings is 1. The number of hydrogen-bond donors (Lipinski definition) is 1. The molecule has 0 aromatic heterocycles. The fourth-order valence-corrected chi connectivity index (χ4v) is 2.21. The molecule has 1 aromatic rings. The van der Waals surface area contributed by atoms with Crippen molar-refractivity contribution in [3.8, 4) is 12.3 Å². The maximum absolute atomic E-state index is 11.5. The van der Waals surface area contributed by atoms with Crippen LogP contribution in [0, 0.1) is 12.3 Å². The van der Waals surface area contributed by atoms with E-state index in [0.717, 1.165) is 0 Å². The first kappa shape index (κ1) is 15.7. The number of nitrogens with one attached hydrogen (secondary N) is 1. The maximum Gasteiger partial charge on any atom is 0.337 e. The fourth-order valence-electron chi connectivity index (χ4n) is 1.38. The van der Waals surface area contributed by atoms with Crippen LogP contribution in [-0.2, 0) is 19.4 Å². The summed E-state index contributed by atoms with van der Waals surface area (Å²) in [5, 5.41) is 2.40. The summed E-state index contributed by atoms with van der Waals surface area (Å²) in [6, 6.07) is 5.85. The van der Waals surface area contributed by atoms with Crippen LogP contribution in [0.4, 0.5) is 5.69 Å². The van der Waals surface area contributed by atoms with E-state index in [1.165, 1.54) is 31.4 Å². The molecule has 1 amide bonds. The molecule has 0 unspecified atom stereocenters. The molecule has 1 aromatic carbocycles. The number of rotatable bonds is 5. The van der Waals surface area contributed by atoms with E-state index in [4.69, 9.17) is 6.42 Å². The summed E-state index contributed by atoms with van der Waals surface area (Å²) in [6.07, 6.45) is 4.90. The van der Waals surface area contributed by atoms with E-state index in [1.54, 1.807) is 0 Å². The van der Waals surface area contributed by atoms with Crippen LogP contribution in [0.2, 0.25) is 0 Å². The number of methoxy groups -OCH3 is 1. The highest BCUT2D eigenvalue weighted by molar-refractivity contribution is 7.92. The maximum atomic E-state index is 11.5. The number of esters is 1. The minimum Gasteiger partial charge on any atom is -0.465 e. The van der Waals surface area contributed by atoms with Gasteiger partial charge in [0.05, 0.1) is 12.7 Å². The largest absolute Gasteiger partial charge is 0.465 e. The van der Waals surface area contributed by atoms with Crippen LogP contribution in [0.3, 0.4) is 0 Å². The molecule has 0 radical (unpaired) electrons. The van der Waals surface area contributed by atoms with E-state index in [9.17, 15) is 18.0 Å². The van der Waals surface area contributed by atoms with Crippen LogP contribution in [0.15, 0.2) is 24.3 Å². The Balaban J connectivity index is 2.68. The highest BCUT2D eigenvalue weighted by atomic mass is 32.2. The monoisotopic (exact) mass is 295 g/mol. The highest BCUT2D eigenvalue weighted by Crippen LogP contribution is 2.10. The first-order valence-electron chi connectivity index (χ1n) is 5.50. The lowest BCUT2D eigenvalue weighted by molar-refractivity contribution is -0.113. The van der Waals surface area contributed by atoms with Gasteiger partial charge in [-0.15, -0.1) is 6.42 Å². The Morgan fingerprint density at radius 3 is 2.40 bits per heavy atom. The van der Waals surface area contributed by atoms with Crippen LogP contribution in [0.1, 0.15) is 10.4 Å². The zero-order valence-corrected chi connectivity index (χ0v) is 11.6. The molecule has 0 heterocycles. The molecule has 0 saturated heterocycles. The molecule has 0 aliphatic carbocycles. The van der Waals surface area contributed by atoms with Crippen molar-refractivity contribution in [2.24, 2.45) is 0 Å². The third-order valence-corrected chi connectivity index (χ3v) is 3.55. The Kier molecular flexibility index (Phi) is 5.29. The number of anilines is 1. The summed E-state index contributed by atoms with van der Waals surface area (Å²) in [5.41, 5.74) is 0.698. The molecule has 6 nitrogen and oxygen atoms in total. The van der Waals surface area contributed by atoms with Gasteiger partial charge in [0.15, 0.2) is 9.84 Å². The summed E-state index contributed by atoms with van der Waals surface area (Å²) in [6.45, 7) is 0. The minimum absolute atomic E-state index is 0.324. The molecule has 0 spiro atoms. The molecule has 106 valence electrons. The smallest absolute Gasteiger partial charge is 0.337 e. The quantitative estimate of drug-likeness (QED) is 0.629. The predicted octanol–water partition coefficient (Wildman–Crippen LogP) is 0.460. The van der Waals surface area contributed by atoms with Gasteiger partial charge in [-0.2, -0.15) is 0 Å². The Morgan fingerprint density at radius 2 is 1.90 bits per heavy atom. The van der Waals surface area contributed by atoms with Crippen LogP contribution >= 0.6 is 0 Å². The second-order valence-electron chi connectivity index (χ2n) is 3.85. The number of sulfone groups is 1. The normalized spacial score (nSPS) is 10.4. The Labute approximate surface area is 117 Å². The van der Waals surface area contributed by atoms with Crippen molar-refractivity contribution in [3.63, 3.8) is 0 Å². The zero-order chi connectivity index (χ0) is 15.2. The van der Waals surface area contributed by atoms with Gasteiger partial charge in [0.1, 0.15) is 11.5 Å². The minimum atomic E-state index is -3.60. The first-order valence-corrected chi connectivity index (χ1v) is 7.32. The van der Waals surface area contributed by atoms with Gasteiger partial charge in [0, 0.05) is 5.69 Å². The standard InChI is InChI=1S/C13H13NO5S/c1-3-8-20(17,18)9-12(15)14-11-6-4-10(5-7-11)13(16)19-2/h1,4-7H,8-9H2,2H3,(H,14,15). The average Bonchev–Trinajstić information content (AvgIpc) is 2.37. The summed E-state index contributed by atoms with van der Waals surface area (Å²) in [5.74, 6) is -0.374. The van der Waals surface area contributed by atoms with Gasteiger partial charge in [-0.25, -0.2) is 13.2 Å². The van der Waals surface area contributed by atoms with Gasteiger partial charge in [-0.1, -0.05) is 5.92 Å². The van der Waals surface area contributed by atoms with Crippen LogP contribution in [-0.4, -0.2) is 38.9 Å². The van der Waals surface area contributed by atoms with E-state index in [1.807, 2.05) is 5.92 Å². The number of terminal acetylenes is 1. The van der Waals surface area contributed by atoms with Crippen LogP contribution in [0.5, 0.6) is 0 Å². The Morgan fingerprint density at radius 1 is 1.30 bits per heavy atom. The lowest BCUT2D eigenvalue weighted by Gasteiger charge is -2.06. The van der Waals surface area contributed by atoms with Gasteiger partial charge in [0.2, 0.25) is 5.91 Å². The van der Waals surface area contributed by atoms with E-state index < -0.39 is 33.2 Å². The summed E-state index contributed by atoms with van der Waals surface area (Å²) >= 11 is 0. The molecule has 0 bridgehead atoms. The molecule has 0 saturated carbocycles. The summed E-state index contributed by atoms with van der Waals surface area (Å²) in [4.78, 5) is 22.7. The molecule has 7 heteroatoms. The fraction of sp³-hybridized carbons (Fsp3) is 0.231. The first-order chi connectivity index (χ1) is 9.38. The van der Waals surface area contributed by atoms with E-state index in [-0.39, 0.29) is 0 Å². The van der Waals surface area contributed by atoms with Crippen molar-refractivity contribution < 1.29 is 22.7 Å². The molecule has 1 rings (SSSR count). The molecule has 0 fully saturated rings. The topological polar surface area (TPSA) is 89.5 Å². The van der Waals surface area contributed by atoms with Gasteiger partial charge < -0.3 is 10.1 Å². The van der Waals surface area contributed by atoms with Gasteiger partial charge in [0.25, 0.3) is 0 Å². The molecule has 0 aliphatic rings. The molecular formula is C13H13NO5S. The van der Waals surface area contributed by atoms with Crippen molar-refractivity contribution in [1.29, 1.82) is 0 Å². The van der Waals surface area contributed by atoms with Crippen LogP contribution < -0.4 is 5.32 Å². The third kappa shape index (κ3) is 4.74. The third-order valence-electron chi connectivity index (χ3n) is 2.24. The number of carbonyl (C=O) groups is 2. The van der Waals surface area contributed by atoms with E-state index in [2.05, 4.69) is 10.1 Å². The highest BCUT2D eigenvalue weighted by Gasteiger charge is 2.15. The van der Waals surface area contributed by atoms with Crippen molar-refractivity contribution in [2.75, 3.05) is 23.9 Å². The number of ether oxygens (including phenoxy) is 1. The number of hydrogen-bond acceptors (Lipinski definition) is 5. The summed E-state index contributed by atoms with van der Waals surface area (Å²) < 4.78 is 27.2. The molecule has 20 heavy (non-hydrogen) atoms. The Bertz CT molecular complexity index is 640. The zero-order valence-electron chi connectivity index (χ0n) is 10.8. The molecule has 0 aliphatic heterocycles. The second-order valence-corrected chi connectivity index (χ2v) is 5.92. The van der Waals surface area contributed by atoms with Crippen molar-refractivity contribution in [2.45, 2.75) is 0 Å². The van der Waals surface area contributed by atoms with Crippen molar-refractivity contribution >= 4 is 27.4 Å². The number of amides is 1. The predicted molar refractivity (Wildman–Crippen MR) is 73.9 cm³/mol. The Hall–Kier alpha value is -2.33. The van der Waals surface area contributed by atoms with Crippen molar-refractivity contribution in [3.05, 3.63) is 29.8 Å². The SMILES string of the molecule is C#CCS(=O)(=O)CC(=O)Nc1ccc(C(=O)OC)cc1. The van der Waals surface area contributed by atoms with E-state index in [0.29, 0.717) is 11.3 Å². The lowest BCUT2D eigenvalue weighted by atomic mass is 10.2. The average molecular weight is 295 g/mol. The van der Waals surface area contributed by atoms with Gasteiger partial charge >= 0.3 is 5.97 Å². The lowest BCUT2D eigenvalue weighted by Crippen LogP contribution is -2.24. The van der Waals surface area contributed by atoms with Crippen LogP contribution in [0.25, 0.3) is 0 Å².